The van der Waals surface area contributed by atoms with E-state index < -0.39 is 10.0 Å². The summed E-state index contributed by atoms with van der Waals surface area (Å²) in [5, 5.41) is 7.15. The number of hydrogen-bond donors (Lipinski definition) is 3. The summed E-state index contributed by atoms with van der Waals surface area (Å²) in [6.07, 6.45) is 0.466. The molecule has 0 unspecified atom stereocenters. The Morgan fingerprint density at radius 3 is 2.69 bits per heavy atom. The minimum absolute atomic E-state index is 0.141. The second-order valence-electron chi connectivity index (χ2n) is 5.51. The molecule has 0 saturated carbocycles. The highest BCUT2D eigenvalue weighted by atomic mass is 32.2. The lowest BCUT2D eigenvalue weighted by molar-refractivity contribution is -0.120. The Morgan fingerprint density at radius 2 is 2.00 bits per heavy atom. The molecule has 0 aliphatic carbocycles. The van der Waals surface area contributed by atoms with Gasteiger partial charge < -0.3 is 10.6 Å². The van der Waals surface area contributed by atoms with E-state index in [2.05, 4.69) is 20.3 Å². The second-order valence-corrected chi connectivity index (χ2v) is 8.07. The van der Waals surface area contributed by atoms with Crippen molar-refractivity contribution in [2.45, 2.75) is 19.8 Å². The van der Waals surface area contributed by atoms with Crippen LogP contribution in [0.1, 0.15) is 19.0 Å². The molecule has 0 spiro atoms. The number of anilines is 2. The summed E-state index contributed by atoms with van der Waals surface area (Å²) in [5.41, 5.74) is 3.41. The van der Waals surface area contributed by atoms with Crippen LogP contribution in [0.2, 0.25) is 0 Å². The van der Waals surface area contributed by atoms with Crippen molar-refractivity contribution in [1.29, 1.82) is 0 Å². The van der Waals surface area contributed by atoms with E-state index in [-0.39, 0.29) is 24.0 Å². The van der Waals surface area contributed by atoms with Gasteiger partial charge in [0.1, 0.15) is 0 Å². The van der Waals surface area contributed by atoms with Crippen molar-refractivity contribution in [3.63, 3.8) is 0 Å². The first-order valence-corrected chi connectivity index (χ1v) is 10.5. The van der Waals surface area contributed by atoms with Crippen LogP contribution in [0.3, 0.4) is 0 Å². The molecule has 26 heavy (non-hydrogen) atoms. The monoisotopic (exact) mass is 396 g/mol. The minimum Gasteiger partial charge on any atom is -0.356 e. The Bertz CT molecular complexity index is 851. The maximum atomic E-state index is 12.1. The number of benzene rings is 1. The average molecular weight is 396 g/mol. The molecule has 0 radical (unpaired) electrons. The van der Waals surface area contributed by atoms with Crippen LogP contribution >= 0.6 is 11.3 Å². The molecule has 0 atom stereocenters. The summed E-state index contributed by atoms with van der Waals surface area (Å²) >= 11 is 1.48. The summed E-state index contributed by atoms with van der Waals surface area (Å²) in [6, 6.07) is 6.34. The Kier molecular flexibility index (Phi) is 7.10. The highest BCUT2D eigenvalue weighted by molar-refractivity contribution is 7.92. The first-order valence-electron chi connectivity index (χ1n) is 7.86. The quantitative estimate of drug-likeness (QED) is 0.595. The largest absolute Gasteiger partial charge is 0.356 e. The van der Waals surface area contributed by atoms with E-state index in [1.807, 2.05) is 5.38 Å². The van der Waals surface area contributed by atoms with E-state index in [1.165, 1.54) is 24.3 Å². The number of sulfonamides is 1. The zero-order valence-corrected chi connectivity index (χ0v) is 15.8. The summed E-state index contributed by atoms with van der Waals surface area (Å²) in [6.45, 7) is 1.78. The number of nitrogens with zero attached hydrogens (tertiary/aromatic N) is 1. The zero-order chi connectivity index (χ0) is 19.0. The molecule has 10 heteroatoms. The number of nitrogens with one attached hydrogen (secondary N) is 3. The van der Waals surface area contributed by atoms with Crippen LogP contribution in [0.5, 0.6) is 0 Å². The van der Waals surface area contributed by atoms with Crippen molar-refractivity contribution < 1.29 is 18.0 Å². The van der Waals surface area contributed by atoms with Gasteiger partial charge >= 0.3 is 0 Å². The van der Waals surface area contributed by atoms with Crippen LogP contribution in [-0.2, 0) is 26.0 Å². The number of carbonyl (C=O) groups excluding carboxylic acids is 2. The van der Waals surface area contributed by atoms with Gasteiger partial charge in [-0.1, -0.05) is 6.07 Å². The molecule has 140 valence electrons. The van der Waals surface area contributed by atoms with Crippen molar-refractivity contribution in [2.75, 3.05) is 22.3 Å². The summed E-state index contributed by atoms with van der Waals surface area (Å²) < 4.78 is 26.6. The molecule has 2 amide bonds. The van der Waals surface area contributed by atoms with Gasteiger partial charge in [-0.2, -0.15) is 0 Å². The molecular weight excluding hydrogens is 376 g/mol. The van der Waals surface area contributed by atoms with Gasteiger partial charge in [-0.15, -0.1) is 11.3 Å². The topological polar surface area (TPSA) is 117 Å². The predicted octanol–water partition coefficient (Wildman–Crippen LogP) is 1.59. The Balaban J connectivity index is 1.78. The molecule has 0 aliphatic rings. The highest BCUT2D eigenvalue weighted by Gasteiger charge is 2.14. The first-order chi connectivity index (χ1) is 12.3. The van der Waals surface area contributed by atoms with Crippen LogP contribution in [0, 0.1) is 0 Å². The second kappa shape index (κ2) is 9.30. The van der Waals surface area contributed by atoms with Crippen LogP contribution in [0.25, 0.3) is 0 Å². The van der Waals surface area contributed by atoms with Crippen molar-refractivity contribution in [2.24, 2.45) is 0 Å². The summed E-state index contributed by atoms with van der Waals surface area (Å²) in [7, 11) is -3.68. The third-order valence-corrected chi connectivity index (χ3v) is 5.16. The molecule has 0 saturated heterocycles. The molecule has 1 aromatic heterocycles. The number of rotatable bonds is 9. The zero-order valence-electron chi connectivity index (χ0n) is 14.2. The van der Waals surface area contributed by atoms with E-state index >= 15 is 0 Å². The lowest BCUT2D eigenvalue weighted by atomic mass is 10.3. The average Bonchev–Trinajstić information content (AvgIpc) is 3.06. The fraction of sp³-hybridized carbons (Fsp3) is 0.312. The Labute approximate surface area is 156 Å². The number of amides is 2. The van der Waals surface area contributed by atoms with E-state index in [0.29, 0.717) is 24.3 Å². The van der Waals surface area contributed by atoms with Gasteiger partial charge in [-0.3, -0.25) is 14.3 Å². The van der Waals surface area contributed by atoms with Gasteiger partial charge in [0.25, 0.3) is 0 Å². The molecule has 2 rings (SSSR count). The van der Waals surface area contributed by atoms with Crippen LogP contribution in [0.4, 0.5) is 11.4 Å². The normalized spacial score (nSPS) is 11.0. The third-order valence-electron chi connectivity index (χ3n) is 3.24. The fourth-order valence-electron chi connectivity index (χ4n) is 2.10. The standard InChI is InChI=1S/C16H20N4O4S2/c1-12(21)19-13-3-2-4-14(9-13)20-26(23,24)8-6-16(22)17-7-5-15-10-25-11-18-15/h2-4,9-11,20H,5-8H2,1H3,(H,17,22)(H,19,21). The van der Waals surface area contributed by atoms with Crippen LogP contribution < -0.4 is 15.4 Å². The number of aromatic nitrogens is 1. The maximum absolute atomic E-state index is 12.1. The van der Waals surface area contributed by atoms with E-state index in [4.69, 9.17) is 0 Å². The van der Waals surface area contributed by atoms with Gasteiger partial charge in [0.05, 0.1) is 22.6 Å². The lowest BCUT2D eigenvalue weighted by Gasteiger charge is -2.10. The summed E-state index contributed by atoms with van der Waals surface area (Å²) in [4.78, 5) is 26.9. The maximum Gasteiger partial charge on any atom is 0.233 e. The van der Waals surface area contributed by atoms with Crippen LogP contribution in [-0.4, -0.2) is 37.5 Å². The van der Waals surface area contributed by atoms with Gasteiger partial charge in [-0.05, 0) is 18.2 Å². The smallest absolute Gasteiger partial charge is 0.233 e. The third kappa shape index (κ3) is 7.19. The SMILES string of the molecule is CC(=O)Nc1cccc(NS(=O)(=O)CCC(=O)NCCc2cscn2)c1. The lowest BCUT2D eigenvalue weighted by Crippen LogP contribution is -2.29. The van der Waals surface area contributed by atoms with Crippen molar-refractivity contribution in [3.05, 3.63) is 40.8 Å². The van der Waals surface area contributed by atoms with Crippen molar-refractivity contribution in [1.82, 2.24) is 10.3 Å². The number of hydrogen-bond acceptors (Lipinski definition) is 6. The van der Waals surface area contributed by atoms with E-state index in [0.717, 1.165) is 5.69 Å². The van der Waals surface area contributed by atoms with Crippen molar-refractivity contribution >= 4 is 44.5 Å². The molecular formula is C16H20N4O4S2. The minimum atomic E-state index is -3.68. The molecule has 8 nitrogen and oxygen atoms in total. The first kappa shape index (κ1) is 19.9. The Hall–Kier alpha value is -2.46. The van der Waals surface area contributed by atoms with E-state index in [9.17, 15) is 18.0 Å². The molecule has 0 bridgehead atoms. The fourth-order valence-corrected chi connectivity index (χ4v) is 3.74. The molecule has 3 N–H and O–H groups in total. The Morgan fingerprint density at radius 1 is 1.23 bits per heavy atom. The predicted molar refractivity (Wildman–Crippen MR) is 102 cm³/mol. The van der Waals surface area contributed by atoms with Gasteiger partial charge in [0.15, 0.2) is 0 Å². The van der Waals surface area contributed by atoms with E-state index in [1.54, 1.807) is 23.7 Å². The van der Waals surface area contributed by atoms with Gasteiger partial charge in [-0.25, -0.2) is 13.4 Å². The number of thiazole rings is 1. The molecule has 0 fully saturated rings. The molecule has 1 aromatic carbocycles. The molecule has 1 heterocycles. The molecule has 2 aromatic rings. The van der Waals surface area contributed by atoms with Gasteiger partial charge in [0, 0.05) is 37.4 Å². The summed E-state index contributed by atoms with van der Waals surface area (Å²) in [5.74, 6) is -0.920. The molecule has 0 aliphatic heterocycles. The highest BCUT2D eigenvalue weighted by Crippen LogP contribution is 2.16. The number of carbonyl (C=O) groups is 2. The van der Waals surface area contributed by atoms with Gasteiger partial charge in [0.2, 0.25) is 21.8 Å². The van der Waals surface area contributed by atoms with Crippen molar-refractivity contribution in [3.8, 4) is 0 Å². The van der Waals surface area contributed by atoms with Crippen LogP contribution in [0.15, 0.2) is 35.2 Å².